The zero-order chi connectivity index (χ0) is 35.1. The van der Waals surface area contributed by atoms with Gasteiger partial charge in [0.25, 0.3) is 0 Å². The third kappa shape index (κ3) is 13.0. The zero-order valence-corrected chi connectivity index (χ0v) is 27.4. The molecule has 0 aromatic heterocycles. The van der Waals surface area contributed by atoms with E-state index >= 15 is 0 Å². The molecule has 0 unspecified atom stereocenters. The van der Waals surface area contributed by atoms with Crippen LogP contribution in [0.1, 0.15) is 71.8 Å². The van der Waals surface area contributed by atoms with E-state index < -0.39 is 78.2 Å². The van der Waals surface area contributed by atoms with Crippen LogP contribution in [0.25, 0.3) is 0 Å². The molecule has 0 saturated carbocycles. The molecule has 15 heteroatoms. The van der Waals surface area contributed by atoms with Crippen LogP contribution in [0.5, 0.6) is 0 Å². The largest absolute Gasteiger partial charge is 0.461 e. The van der Waals surface area contributed by atoms with Crippen LogP contribution in [0.15, 0.2) is 30.3 Å². The first kappa shape index (κ1) is 38.7. The lowest BCUT2D eigenvalue weighted by Gasteiger charge is -2.29. The fraction of sp³-hybridized carbons (Fsp3) is 0.594. The molecule has 1 heterocycles. The average molecular weight is 661 g/mol. The monoisotopic (exact) mass is 660 g/mol. The summed E-state index contributed by atoms with van der Waals surface area (Å²) in [5, 5.41) is 22.4. The summed E-state index contributed by atoms with van der Waals surface area (Å²) >= 11 is 0. The molecular formula is C32H48N6O9. The fourth-order valence-electron chi connectivity index (χ4n) is 4.83. The van der Waals surface area contributed by atoms with Crippen LogP contribution in [0.4, 0.5) is 0 Å². The van der Waals surface area contributed by atoms with E-state index in [0.717, 1.165) is 5.56 Å². The molecule has 0 spiro atoms. The lowest BCUT2D eigenvalue weighted by atomic mass is 9.96. The third-order valence-electron chi connectivity index (χ3n) is 7.80. The normalized spacial score (nSPS) is 17.3. The van der Waals surface area contributed by atoms with E-state index in [1.54, 1.807) is 38.1 Å². The molecule has 8 N–H and O–H groups in total. The molecule has 1 fully saturated rings. The van der Waals surface area contributed by atoms with E-state index in [2.05, 4.69) is 26.6 Å². The van der Waals surface area contributed by atoms with Crippen molar-refractivity contribution < 1.29 is 43.4 Å². The molecule has 0 radical (unpaired) electrons. The number of rotatable bonds is 19. The summed E-state index contributed by atoms with van der Waals surface area (Å²) in [6, 6.07) is 3.29. The predicted octanol–water partition coefficient (Wildman–Crippen LogP) is -0.702. The molecule has 2 rings (SSSR count). The van der Waals surface area contributed by atoms with Gasteiger partial charge >= 0.3 is 5.97 Å². The molecule has 1 aromatic rings. The number of carbonyl (C=O) groups excluding carboxylic acids is 7. The number of nitrogens with two attached hydrogens (primary N) is 1. The van der Waals surface area contributed by atoms with Crippen molar-refractivity contribution in [1.82, 2.24) is 26.6 Å². The Morgan fingerprint density at radius 1 is 0.936 bits per heavy atom. The maximum Gasteiger partial charge on any atom is 0.306 e. The lowest BCUT2D eigenvalue weighted by molar-refractivity contribution is -0.145. The van der Waals surface area contributed by atoms with Gasteiger partial charge in [0.2, 0.25) is 35.4 Å². The zero-order valence-electron chi connectivity index (χ0n) is 27.4. The van der Waals surface area contributed by atoms with Crippen LogP contribution in [-0.4, -0.2) is 83.3 Å². The number of primary amides is 1. The SMILES string of the molecule is CC[C@H](C)[C@H](NC(=O)[C@H](CC(C)C)NC(=O)[C@H](CO)NC(=O)[C@@H]1CCC(=O)N1)C(=O)N[C@@H](CCC(=O)OCc1ccccc1)C(N)=O. The minimum Gasteiger partial charge on any atom is -0.461 e. The van der Waals surface area contributed by atoms with Gasteiger partial charge in [-0.25, -0.2) is 0 Å². The molecule has 1 aliphatic rings. The van der Waals surface area contributed by atoms with Gasteiger partial charge in [-0.05, 0) is 36.7 Å². The highest BCUT2D eigenvalue weighted by Crippen LogP contribution is 2.13. The van der Waals surface area contributed by atoms with Crippen LogP contribution in [-0.2, 0) is 44.9 Å². The first-order valence-corrected chi connectivity index (χ1v) is 15.9. The van der Waals surface area contributed by atoms with Crippen molar-refractivity contribution in [2.24, 2.45) is 17.6 Å². The number of ether oxygens (including phenoxy) is 1. The van der Waals surface area contributed by atoms with Gasteiger partial charge in [0.1, 0.15) is 36.8 Å². The summed E-state index contributed by atoms with van der Waals surface area (Å²) in [7, 11) is 0. The van der Waals surface area contributed by atoms with Crippen molar-refractivity contribution in [1.29, 1.82) is 0 Å². The number of nitrogens with one attached hydrogen (secondary N) is 5. The van der Waals surface area contributed by atoms with E-state index in [1.807, 2.05) is 19.9 Å². The molecule has 1 aliphatic heterocycles. The van der Waals surface area contributed by atoms with Gasteiger partial charge in [-0.3, -0.25) is 33.6 Å². The molecular weight excluding hydrogens is 612 g/mol. The number of hydrogen-bond donors (Lipinski definition) is 7. The molecule has 260 valence electrons. The van der Waals surface area contributed by atoms with Crippen molar-refractivity contribution in [3.05, 3.63) is 35.9 Å². The van der Waals surface area contributed by atoms with Gasteiger partial charge < -0.3 is 42.2 Å². The third-order valence-corrected chi connectivity index (χ3v) is 7.80. The topological polar surface area (TPSA) is 235 Å². The standard InChI is InChI=1S/C32H48N6O9/c1-5-19(4)27(32(46)35-21(28(33)42)12-14-26(41)47-17-20-9-7-6-8-10-20)38-30(44)23(15-18(2)3)36-31(45)24(16-39)37-29(43)22-11-13-25(40)34-22/h6-10,18-19,21-24,27,39H,5,11-17H2,1-4H3,(H2,33,42)(H,34,40)(H,35,46)(H,36,45)(H,37,43)(H,38,44)/t19-,21-,22-,23-,24-,27-/m0/s1. The Balaban J connectivity index is 2.06. The number of carbonyl (C=O) groups is 7. The summed E-state index contributed by atoms with van der Waals surface area (Å²) < 4.78 is 5.23. The van der Waals surface area contributed by atoms with Crippen molar-refractivity contribution in [3.8, 4) is 0 Å². The highest BCUT2D eigenvalue weighted by Gasteiger charge is 2.34. The molecule has 15 nitrogen and oxygen atoms in total. The number of benzene rings is 1. The second-order valence-corrected chi connectivity index (χ2v) is 12.1. The van der Waals surface area contributed by atoms with Gasteiger partial charge in [-0.2, -0.15) is 0 Å². The van der Waals surface area contributed by atoms with E-state index in [1.165, 1.54) is 0 Å². The average Bonchev–Trinajstić information content (AvgIpc) is 3.48. The second kappa shape index (κ2) is 19.2. The Labute approximate surface area is 274 Å². The van der Waals surface area contributed by atoms with Gasteiger partial charge in [0, 0.05) is 12.8 Å². The maximum atomic E-state index is 13.5. The lowest BCUT2D eigenvalue weighted by Crippen LogP contribution is -2.60. The number of aliphatic hydroxyl groups is 1. The van der Waals surface area contributed by atoms with Crippen LogP contribution in [0.2, 0.25) is 0 Å². The Morgan fingerprint density at radius 2 is 1.57 bits per heavy atom. The first-order chi connectivity index (χ1) is 22.2. The van der Waals surface area contributed by atoms with Gasteiger partial charge in [-0.15, -0.1) is 0 Å². The van der Waals surface area contributed by atoms with E-state index in [4.69, 9.17) is 10.5 Å². The molecule has 1 saturated heterocycles. The Bertz CT molecular complexity index is 1260. The Morgan fingerprint density at radius 3 is 2.13 bits per heavy atom. The van der Waals surface area contributed by atoms with Gasteiger partial charge in [0.15, 0.2) is 0 Å². The highest BCUT2D eigenvalue weighted by molar-refractivity contribution is 5.97. The van der Waals surface area contributed by atoms with Crippen molar-refractivity contribution in [3.63, 3.8) is 0 Å². The van der Waals surface area contributed by atoms with Crippen molar-refractivity contribution in [2.75, 3.05) is 6.61 Å². The molecule has 6 atom stereocenters. The van der Waals surface area contributed by atoms with Gasteiger partial charge in [-0.1, -0.05) is 64.4 Å². The van der Waals surface area contributed by atoms with Crippen molar-refractivity contribution in [2.45, 2.75) is 103 Å². The smallest absolute Gasteiger partial charge is 0.306 e. The second-order valence-electron chi connectivity index (χ2n) is 12.1. The summed E-state index contributed by atoms with van der Waals surface area (Å²) in [5.74, 6) is -5.13. The summed E-state index contributed by atoms with van der Waals surface area (Å²) in [6.45, 7) is 6.46. The quantitative estimate of drug-likeness (QED) is 0.0928. The van der Waals surface area contributed by atoms with Crippen LogP contribution >= 0.6 is 0 Å². The molecule has 0 aliphatic carbocycles. The number of amides is 6. The predicted molar refractivity (Wildman–Crippen MR) is 170 cm³/mol. The van der Waals surface area contributed by atoms with Crippen LogP contribution in [0.3, 0.4) is 0 Å². The van der Waals surface area contributed by atoms with Crippen LogP contribution in [0, 0.1) is 11.8 Å². The molecule has 6 amide bonds. The Kier molecular flexibility index (Phi) is 15.8. The van der Waals surface area contributed by atoms with E-state index in [0.29, 0.717) is 6.42 Å². The maximum absolute atomic E-state index is 13.5. The van der Waals surface area contributed by atoms with Crippen LogP contribution < -0.4 is 32.3 Å². The van der Waals surface area contributed by atoms with Gasteiger partial charge in [0.05, 0.1) is 6.61 Å². The molecule has 47 heavy (non-hydrogen) atoms. The van der Waals surface area contributed by atoms with Crippen molar-refractivity contribution >= 4 is 41.4 Å². The fourth-order valence-corrected chi connectivity index (χ4v) is 4.83. The summed E-state index contributed by atoms with van der Waals surface area (Å²) in [5.41, 5.74) is 6.30. The molecule has 1 aromatic carbocycles. The number of aliphatic hydroxyl groups excluding tert-OH is 1. The van der Waals surface area contributed by atoms with E-state index in [9.17, 15) is 38.7 Å². The summed E-state index contributed by atoms with van der Waals surface area (Å²) in [6.07, 6.45) is 0.711. The highest BCUT2D eigenvalue weighted by atomic mass is 16.5. The minimum absolute atomic E-state index is 0.0492. The number of hydrogen-bond acceptors (Lipinski definition) is 9. The Hall–Kier alpha value is -4.53. The summed E-state index contributed by atoms with van der Waals surface area (Å²) in [4.78, 5) is 88.4. The molecule has 0 bridgehead atoms. The first-order valence-electron chi connectivity index (χ1n) is 15.9. The minimum atomic E-state index is -1.40. The van der Waals surface area contributed by atoms with E-state index in [-0.39, 0.29) is 50.5 Å². The number of esters is 1.